The van der Waals surface area contributed by atoms with Crippen molar-refractivity contribution < 1.29 is 4.74 Å². The van der Waals surface area contributed by atoms with Gasteiger partial charge in [-0.1, -0.05) is 20.8 Å². The second-order valence-corrected chi connectivity index (χ2v) is 7.19. The molecular weight excluding hydrogens is 234 g/mol. The Kier molecular flexibility index (Phi) is 3.42. The summed E-state index contributed by atoms with van der Waals surface area (Å²) in [4.78, 5) is 2.44. The molecule has 2 nitrogen and oxygen atoms in total. The maximum Gasteiger partial charge on any atom is 0.122 e. The van der Waals surface area contributed by atoms with E-state index in [0.29, 0.717) is 0 Å². The second-order valence-electron chi connectivity index (χ2n) is 7.19. The van der Waals surface area contributed by atoms with Crippen LogP contribution in [0, 0.1) is 0 Å². The standard InChI is InChI=1S/C17H27NO/c1-16(2,3)14-11-13-12(10-15(14)19-7)8-9-18(6)17(13,4)5/h10-11H,8-9H2,1-7H3. The van der Waals surface area contributed by atoms with Gasteiger partial charge in [0, 0.05) is 12.1 Å². The largest absolute Gasteiger partial charge is 0.496 e. The van der Waals surface area contributed by atoms with E-state index in [9.17, 15) is 0 Å². The van der Waals surface area contributed by atoms with E-state index in [1.54, 1.807) is 7.11 Å². The Morgan fingerprint density at radius 3 is 2.37 bits per heavy atom. The van der Waals surface area contributed by atoms with Crippen LogP contribution in [0.25, 0.3) is 0 Å². The molecule has 1 aliphatic heterocycles. The van der Waals surface area contributed by atoms with Gasteiger partial charge in [0.25, 0.3) is 0 Å². The Balaban J connectivity index is 2.65. The van der Waals surface area contributed by atoms with E-state index in [2.05, 4.69) is 58.7 Å². The molecule has 0 radical (unpaired) electrons. The number of nitrogens with zero attached hydrogens (tertiary/aromatic N) is 1. The maximum atomic E-state index is 5.62. The van der Waals surface area contributed by atoms with Crippen molar-refractivity contribution in [1.82, 2.24) is 4.90 Å². The minimum atomic E-state index is 0.0971. The van der Waals surface area contributed by atoms with Crippen LogP contribution >= 0.6 is 0 Å². The molecule has 0 aliphatic carbocycles. The zero-order valence-electron chi connectivity index (χ0n) is 13.4. The molecule has 1 aromatic carbocycles. The Morgan fingerprint density at radius 1 is 1.21 bits per heavy atom. The molecule has 1 aromatic rings. The fourth-order valence-corrected chi connectivity index (χ4v) is 2.93. The molecular formula is C17H27NO. The summed E-state index contributed by atoms with van der Waals surface area (Å²) in [5, 5.41) is 0. The first-order chi connectivity index (χ1) is 8.67. The number of benzene rings is 1. The zero-order valence-corrected chi connectivity index (χ0v) is 13.4. The first kappa shape index (κ1) is 14.4. The van der Waals surface area contributed by atoms with Crippen LogP contribution in [0.3, 0.4) is 0 Å². The third kappa shape index (κ3) is 2.38. The molecule has 0 fully saturated rings. The number of rotatable bonds is 1. The number of methoxy groups -OCH3 is 1. The molecule has 0 bridgehead atoms. The van der Waals surface area contributed by atoms with E-state index in [1.807, 2.05) is 0 Å². The summed E-state index contributed by atoms with van der Waals surface area (Å²) >= 11 is 0. The van der Waals surface area contributed by atoms with Gasteiger partial charge < -0.3 is 4.74 Å². The topological polar surface area (TPSA) is 12.5 Å². The van der Waals surface area contributed by atoms with Crippen LogP contribution in [-0.2, 0) is 17.4 Å². The summed E-state index contributed by atoms with van der Waals surface area (Å²) in [6, 6.07) is 4.62. The molecule has 1 heterocycles. The molecule has 106 valence electrons. The van der Waals surface area contributed by atoms with E-state index in [4.69, 9.17) is 4.74 Å². The molecule has 0 unspecified atom stereocenters. The van der Waals surface area contributed by atoms with Gasteiger partial charge in [-0.3, -0.25) is 4.90 Å². The normalized spacial score (nSPS) is 19.1. The van der Waals surface area contributed by atoms with Crippen LogP contribution in [-0.4, -0.2) is 25.6 Å². The lowest BCUT2D eigenvalue weighted by Gasteiger charge is -2.42. The number of hydrogen-bond donors (Lipinski definition) is 0. The van der Waals surface area contributed by atoms with Crippen molar-refractivity contribution >= 4 is 0 Å². The highest BCUT2D eigenvalue weighted by molar-refractivity contribution is 5.49. The van der Waals surface area contributed by atoms with Gasteiger partial charge in [-0.05, 0) is 61.6 Å². The van der Waals surface area contributed by atoms with Gasteiger partial charge in [-0.2, -0.15) is 0 Å². The van der Waals surface area contributed by atoms with Crippen LogP contribution in [0.4, 0.5) is 0 Å². The first-order valence-electron chi connectivity index (χ1n) is 7.11. The summed E-state index contributed by atoms with van der Waals surface area (Å²) in [5.41, 5.74) is 4.39. The van der Waals surface area contributed by atoms with E-state index >= 15 is 0 Å². The van der Waals surface area contributed by atoms with Crippen LogP contribution in [0.2, 0.25) is 0 Å². The molecule has 0 amide bonds. The van der Waals surface area contributed by atoms with E-state index < -0.39 is 0 Å². The number of hydrogen-bond acceptors (Lipinski definition) is 2. The van der Waals surface area contributed by atoms with Crippen LogP contribution < -0.4 is 4.74 Å². The molecule has 0 aromatic heterocycles. The minimum absolute atomic E-state index is 0.0971. The van der Waals surface area contributed by atoms with Gasteiger partial charge in [0.15, 0.2) is 0 Å². The fraction of sp³-hybridized carbons (Fsp3) is 0.647. The predicted octanol–water partition coefficient (Wildman–Crippen LogP) is 3.72. The highest BCUT2D eigenvalue weighted by Gasteiger charge is 2.34. The average Bonchev–Trinajstić information content (AvgIpc) is 2.31. The zero-order chi connectivity index (χ0) is 14.4. The van der Waals surface area contributed by atoms with Crippen LogP contribution in [0.1, 0.15) is 51.3 Å². The average molecular weight is 261 g/mol. The van der Waals surface area contributed by atoms with Crippen molar-refractivity contribution in [1.29, 1.82) is 0 Å². The van der Waals surface area contributed by atoms with Crippen molar-refractivity contribution in [3.05, 3.63) is 28.8 Å². The fourth-order valence-electron chi connectivity index (χ4n) is 2.93. The quantitative estimate of drug-likeness (QED) is 0.764. The van der Waals surface area contributed by atoms with E-state index in [-0.39, 0.29) is 11.0 Å². The van der Waals surface area contributed by atoms with Crippen molar-refractivity contribution in [2.75, 3.05) is 20.7 Å². The van der Waals surface area contributed by atoms with Crippen LogP contribution in [0.5, 0.6) is 5.75 Å². The molecule has 0 saturated heterocycles. The monoisotopic (exact) mass is 261 g/mol. The van der Waals surface area contributed by atoms with Crippen molar-refractivity contribution in [2.45, 2.75) is 52.0 Å². The highest BCUT2D eigenvalue weighted by Crippen LogP contribution is 2.40. The van der Waals surface area contributed by atoms with Crippen LogP contribution in [0.15, 0.2) is 12.1 Å². The number of ether oxygens (including phenoxy) is 1. The molecule has 0 spiro atoms. The van der Waals surface area contributed by atoms with Gasteiger partial charge in [-0.15, -0.1) is 0 Å². The smallest absolute Gasteiger partial charge is 0.122 e. The van der Waals surface area contributed by atoms with Gasteiger partial charge in [0.1, 0.15) is 5.75 Å². The van der Waals surface area contributed by atoms with Crippen molar-refractivity contribution in [3.8, 4) is 5.75 Å². The van der Waals surface area contributed by atoms with Gasteiger partial charge in [-0.25, -0.2) is 0 Å². The van der Waals surface area contributed by atoms with E-state index in [0.717, 1.165) is 18.7 Å². The lowest BCUT2D eigenvalue weighted by atomic mass is 9.78. The summed E-state index contributed by atoms with van der Waals surface area (Å²) in [5.74, 6) is 1.03. The first-order valence-corrected chi connectivity index (χ1v) is 7.11. The Labute approximate surface area is 117 Å². The second kappa shape index (κ2) is 4.52. The summed E-state index contributed by atoms with van der Waals surface area (Å²) < 4.78 is 5.62. The summed E-state index contributed by atoms with van der Waals surface area (Å²) in [6.45, 7) is 12.5. The van der Waals surface area contributed by atoms with E-state index in [1.165, 1.54) is 16.7 Å². The van der Waals surface area contributed by atoms with Gasteiger partial charge in [0.05, 0.1) is 7.11 Å². The number of fused-ring (bicyclic) bond motifs is 1. The summed E-state index contributed by atoms with van der Waals surface area (Å²) in [7, 11) is 3.99. The molecule has 1 aliphatic rings. The molecule has 2 rings (SSSR count). The lowest BCUT2D eigenvalue weighted by Crippen LogP contribution is -2.44. The molecule has 19 heavy (non-hydrogen) atoms. The molecule has 0 atom stereocenters. The molecule has 2 heteroatoms. The van der Waals surface area contributed by atoms with Gasteiger partial charge >= 0.3 is 0 Å². The SMILES string of the molecule is COc1cc2c(cc1C(C)(C)C)C(C)(C)N(C)CC2. The summed E-state index contributed by atoms with van der Waals surface area (Å²) in [6.07, 6.45) is 1.11. The maximum absolute atomic E-state index is 5.62. The highest BCUT2D eigenvalue weighted by atomic mass is 16.5. The molecule has 0 N–H and O–H groups in total. The molecule has 0 saturated carbocycles. The third-order valence-corrected chi connectivity index (χ3v) is 4.56. The lowest BCUT2D eigenvalue weighted by molar-refractivity contribution is 0.143. The van der Waals surface area contributed by atoms with Gasteiger partial charge in [0.2, 0.25) is 0 Å². The van der Waals surface area contributed by atoms with Crippen molar-refractivity contribution in [3.63, 3.8) is 0 Å². The Morgan fingerprint density at radius 2 is 1.84 bits per heavy atom. The Bertz CT molecular complexity index is 483. The van der Waals surface area contributed by atoms with Crippen molar-refractivity contribution in [2.24, 2.45) is 0 Å². The predicted molar refractivity (Wildman–Crippen MR) is 81.1 cm³/mol. The Hall–Kier alpha value is -1.02. The minimum Gasteiger partial charge on any atom is -0.496 e. The number of likely N-dealkylation sites (N-methyl/N-ethyl adjacent to an activating group) is 1. The third-order valence-electron chi connectivity index (χ3n) is 4.56.